The Hall–Kier alpha value is -0.130. The Morgan fingerprint density at radius 1 is 1.38 bits per heavy atom. The molecule has 0 spiro atoms. The van der Waals surface area contributed by atoms with Crippen LogP contribution in [0, 0.1) is 6.92 Å². The van der Waals surface area contributed by atoms with Gasteiger partial charge in [-0.1, -0.05) is 29.3 Å². The highest BCUT2D eigenvalue weighted by atomic mass is 35.5. The minimum absolute atomic E-state index is 0.613. The van der Waals surface area contributed by atoms with Gasteiger partial charge in [-0.2, -0.15) is 0 Å². The molecule has 74 valence electrons. The Morgan fingerprint density at radius 3 is 2.15 bits per heavy atom. The van der Waals surface area contributed by atoms with Gasteiger partial charge in [0.15, 0.2) is 0 Å². The molecule has 0 radical (unpaired) electrons. The Morgan fingerprint density at radius 2 is 1.85 bits per heavy atom. The molecule has 0 saturated carbocycles. The number of halogens is 2. The average Bonchev–Trinajstić information content (AvgIpc) is 1.96. The van der Waals surface area contributed by atoms with Crippen molar-refractivity contribution < 1.29 is 8.76 Å². The lowest BCUT2D eigenvalue weighted by Crippen LogP contribution is -1.97. The van der Waals surface area contributed by atoms with Gasteiger partial charge in [-0.15, -0.1) is 0 Å². The number of hydrogen-bond donors (Lipinski definition) is 1. The van der Waals surface area contributed by atoms with Crippen LogP contribution in [-0.2, 0) is 11.3 Å². The highest BCUT2D eigenvalue weighted by molar-refractivity contribution is 7.76. The van der Waals surface area contributed by atoms with Crippen molar-refractivity contribution in [3.63, 3.8) is 0 Å². The molecule has 1 unspecified atom stereocenters. The van der Waals surface area contributed by atoms with Crippen molar-refractivity contribution in [1.29, 1.82) is 0 Å². The lowest BCUT2D eigenvalue weighted by atomic mass is 10.2. The van der Waals surface area contributed by atoms with Gasteiger partial charge >= 0.3 is 0 Å². The third kappa shape index (κ3) is 6.98. The molecule has 2 N–H and O–H groups in total. The Labute approximate surface area is 89.3 Å². The second-order valence-electron chi connectivity index (χ2n) is 2.18. The molecule has 1 atom stereocenters. The van der Waals surface area contributed by atoms with Crippen LogP contribution in [0.4, 0.5) is 0 Å². The van der Waals surface area contributed by atoms with E-state index < -0.39 is 11.3 Å². The molecule has 1 aromatic rings. The third-order valence-corrected chi connectivity index (χ3v) is 1.81. The molecule has 0 aliphatic rings. The van der Waals surface area contributed by atoms with Crippen molar-refractivity contribution in [2.75, 3.05) is 0 Å². The largest absolute Gasteiger partial charge is 0.760 e. The first-order chi connectivity index (χ1) is 5.93. The average molecular weight is 241 g/mol. The lowest BCUT2D eigenvalue weighted by Gasteiger charge is -1.94. The van der Waals surface area contributed by atoms with Gasteiger partial charge < -0.3 is 4.55 Å². The van der Waals surface area contributed by atoms with Crippen molar-refractivity contribution in [3.8, 4) is 0 Å². The van der Waals surface area contributed by atoms with Gasteiger partial charge in [0.2, 0.25) is 0 Å². The highest BCUT2D eigenvalue weighted by Gasteiger charge is 1.93. The van der Waals surface area contributed by atoms with E-state index in [9.17, 15) is 0 Å². The van der Waals surface area contributed by atoms with E-state index in [1.807, 2.05) is 19.1 Å². The van der Waals surface area contributed by atoms with Gasteiger partial charge in [-0.25, -0.2) is 0 Å². The number of nitrogens with two attached hydrogens (primary N) is 1. The first-order valence-electron chi connectivity index (χ1n) is 3.19. The van der Waals surface area contributed by atoms with Crippen LogP contribution in [0.5, 0.6) is 0 Å². The molecule has 1 rings (SSSR count). The SMILES string of the molecule is Cc1ccc(Cl)c(Cl)c1.NS(=O)[O-]. The van der Waals surface area contributed by atoms with Crippen LogP contribution in [0.25, 0.3) is 0 Å². The van der Waals surface area contributed by atoms with Crippen molar-refractivity contribution in [3.05, 3.63) is 33.8 Å². The molecular formula is C7H8Cl2NO2S-. The zero-order valence-electron chi connectivity index (χ0n) is 6.79. The molecule has 0 saturated heterocycles. The van der Waals surface area contributed by atoms with E-state index in [2.05, 4.69) is 5.14 Å². The van der Waals surface area contributed by atoms with Gasteiger partial charge in [0.25, 0.3) is 0 Å². The maximum atomic E-state index is 8.78. The van der Waals surface area contributed by atoms with Crippen LogP contribution in [-0.4, -0.2) is 8.76 Å². The van der Waals surface area contributed by atoms with Crippen LogP contribution in [0.2, 0.25) is 10.0 Å². The Balaban J connectivity index is 0.000000310. The minimum atomic E-state index is -2.36. The molecule has 0 heterocycles. The summed E-state index contributed by atoms with van der Waals surface area (Å²) in [6.07, 6.45) is 0. The number of aryl methyl sites for hydroxylation is 1. The van der Waals surface area contributed by atoms with Crippen LogP contribution >= 0.6 is 23.2 Å². The summed E-state index contributed by atoms with van der Waals surface area (Å²) in [7, 11) is 0. The molecule has 3 nitrogen and oxygen atoms in total. The predicted octanol–water partition coefficient (Wildman–Crippen LogP) is 2.04. The van der Waals surface area contributed by atoms with E-state index in [1.54, 1.807) is 6.07 Å². The van der Waals surface area contributed by atoms with E-state index in [-0.39, 0.29) is 0 Å². The summed E-state index contributed by atoms with van der Waals surface area (Å²) in [4.78, 5) is 0. The summed E-state index contributed by atoms with van der Waals surface area (Å²) in [5, 5.41) is 5.26. The fourth-order valence-corrected chi connectivity index (χ4v) is 0.954. The van der Waals surface area contributed by atoms with E-state index in [0.717, 1.165) is 5.56 Å². The second kappa shape index (κ2) is 6.34. The molecule has 13 heavy (non-hydrogen) atoms. The van der Waals surface area contributed by atoms with Crippen molar-refractivity contribution in [2.24, 2.45) is 5.14 Å². The summed E-state index contributed by atoms with van der Waals surface area (Å²) in [6.45, 7) is 1.97. The van der Waals surface area contributed by atoms with Gasteiger partial charge in [-0.05, 0) is 24.6 Å². The second-order valence-corrected chi connectivity index (χ2v) is 3.51. The molecule has 0 aliphatic carbocycles. The fourth-order valence-electron chi connectivity index (χ4n) is 0.601. The summed E-state index contributed by atoms with van der Waals surface area (Å²) in [5.41, 5.74) is 1.13. The van der Waals surface area contributed by atoms with E-state index in [1.165, 1.54) is 0 Å². The Kier molecular flexibility index (Phi) is 6.28. The van der Waals surface area contributed by atoms with Crippen molar-refractivity contribution in [2.45, 2.75) is 6.92 Å². The predicted molar refractivity (Wildman–Crippen MR) is 54.3 cm³/mol. The topological polar surface area (TPSA) is 66.2 Å². The fraction of sp³-hybridized carbons (Fsp3) is 0.143. The van der Waals surface area contributed by atoms with Crippen LogP contribution in [0.15, 0.2) is 18.2 Å². The van der Waals surface area contributed by atoms with Gasteiger partial charge in [-0.3, -0.25) is 9.35 Å². The van der Waals surface area contributed by atoms with E-state index in [0.29, 0.717) is 10.0 Å². The smallest absolute Gasteiger partial charge is 0.0594 e. The molecule has 0 fully saturated rings. The highest BCUT2D eigenvalue weighted by Crippen LogP contribution is 2.21. The minimum Gasteiger partial charge on any atom is -0.760 e. The summed E-state index contributed by atoms with van der Waals surface area (Å²) in [5.74, 6) is 0. The zero-order valence-corrected chi connectivity index (χ0v) is 9.12. The van der Waals surface area contributed by atoms with Crippen LogP contribution < -0.4 is 5.14 Å². The molecule has 0 aromatic heterocycles. The molecule has 0 bridgehead atoms. The van der Waals surface area contributed by atoms with E-state index >= 15 is 0 Å². The molecular weight excluding hydrogens is 233 g/mol. The summed E-state index contributed by atoms with van der Waals surface area (Å²) >= 11 is 8.97. The first-order valence-corrected chi connectivity index (χ1v) is 5.08. The maximum absolute atomic E-state index is 8.78. The normalized spacial score (nSPS) is 11.5. The number of benzene rings is 1. The first kappa shape index (κ1) is 12.9. The van der Waals surface area contributed by atoms with Gasteiger partial charge in [0, 0.05) is 11.3 Å². The van der Waals surface area contributed by atoms with Crippen LogP contribution in [0.3, 0.4) is 0 Å². The van der Waals surface area contributed by atoms with Crippen LogP contribution in [0.1, 0.15) is 5.56 Å². The molecule has 6 heteroatoms. The molecule has 0 amide bonds. The monoisotopic (exact) mass is 240 g/mol. The summed E-state index contributed by atoms with van der Waals surface area (Å²) in [6, 6.07) is 5.55. The lowest BCUT2D eigenvalue weighted by molar-refractivity contribution is 0.539. The van der Waals surface area contributed by atoms with Gasteiger partial charge in [0.05, 0.1) is 10.0 Å². The number of hydrogen-bond acceptors (Lipinski definition) is 2. The quantitative estimate of drug-likeness (QED) is 0.706. The maximum Gasteiger partial charge on any atom is 0.0594 e. The molecule has 0 aliphatic heterocycles. The van der Waals surface area contributed by atoms with E-state index in [4.69, 9.17) is 32.0 Å². The summed E-state index contributed by atoms with van der Waals surface area (Å²) < 4.78 is 17.6. The van der Waals surface area contributed by atoms with Gasteiger partial charge in [0.1, 0.15) is 0 Å². The van der Waals surface area contributed by atoms with Crippen molar-refractivity contribution >= 4 is 34.5 Å². The Bertz CT molecular complexity index is 303. The third-order valence-electron chi connectivity index (χ3n) is 1.08. The number of rotatable bonds is 0. The molecule has 1 aromatic carbocycles. The standard InChI is InChI=1S/C7H6Cl2.H3NO2S/c1-5-2-3-6(8)7(9)4-5;1-4(2)3/h2-4H,1H3;1H2,(H,2,3)/p-1. The zero-order chi connectivity index (χ0) is 10.4. The van der Waals surface area contributed by atoms with Crippen molar-refractivity contribution in [1.82, 2.24) is 0 Å².